The molecule has 6 heteroatoms. The van der Waals surface area contributed by atoms with Crippen molar-refractivity contribution in [2.24, 2.45) is 0 Å². The number of aliphatic hydroxyl groups is 1. The quantitative estimate of drug-likeness (QED) is 0.507. The van der Waals surface area contributed by atoms with Crippen molar-refractivity contribution in [1.29, 1.82) is 0 Å². The van der Waals surface area contributed by atoms with Crippen LogP contribution in [0.4, 0.5) is 5.95 Å². The second-order valence-corrected chi connectivity index (χ2v) is 1.71. The number of aromatic hydroxyl groups is 1. The highest BCUT2D eigenvalue weighted by Gasteiger charge is 1.95. The zero-order valence-electron chi connectivity index (χ0n) is 5.65. The van der Waals surface area contributed by atoms with E-state index in [9.17, 15) is 0 Å². The first-order valence-electron chi connectivity index (χ1n) is 2.99. The molecule has 11 heavy (non-hydrogen) atoms. The highest BCUT2D eigenvalue weighted by molar-refractivity contribution is 5.22. The number of hydrogen-bond acceptors (Lipinski definition) is 6. The summed E-state index contributed by atoms with van der Waals surface area (Å²) in [6, 6.07) is -0.388. The fourth-order valence-corrected chi connectivity index (χ4v) is 0.509. The second-order valence-electron chi connectivity index (χ2n) is 1.71. The molecule has 0 atom stereocenters. The van der Waals surface area contributed by atoms with Crippen LogP contribution >= 0.6 is 0 Å². The monoisotopic (exact) mass is 155 g/mol. The van der Waals surface area contributed by atoms with Gasteiger partial charge in [0.15, 0.2) is 0 Å². The Bertz CT molecular complexity index is 229. The van der Waals surface area contributed by atoms with Crippen molar-refractivity contribution in [3.05, 3.63) is 6.33 Å². The molecular formula is C5H7N4O2. The van der Waals surface area contributed by atoms with Gasteiger partial charge in [-0.2, -0.15) is 15.0 Å². The van der Waals surface area contributed by atoms with Crippen LogP contribution in [-0.4, -0.2) is 38.3 Å². The van der Waals surface area contributed by atoms with Gasteiger partial charge < -0.3 is 15.5 Å². The van der Waals surface area contributed by atoms with Crippen molar-refractivity contribution in [3.8, 4) is 6.01 Å². The van der Waals surface area contributed by atoms with Crippen LogP contribution in [0.5, 0.6) is 6.01 Å². The van der Waals surface area contributed by atoms with E-state index in [0.717, 1.165) is 0 Å². The Morgan fingerprint density at radius 3 is 2.91 bits per heavy atom. The maximum atomic E-state index is 8.72. The third-order valence-electron chi connectivity index (χ3n) is 0.907. The van der Waals surface area contributed by atoms with Crippen LogP contribution in [0, 0.1) is 6.33 Å². The van der Waals surface area contributed by atoms with Crippen molar-refractivity contribution in [2.45, 2.75) is 0 Å². The maximum Gasteiger partial charge on any atom is 0.319 e. The Hall–Kier alpha value is -1.43. The highest BCUT2D eigenvalue weighted by atomic mass is 16.3. The Labute approximate surface area is 63.0 Å². The third kappa shape index (κ3) is 2.34. The summed E-state index contributed by atoms with van der Waals surface area (Å²) in [4.78, 5) is 10.3. The molecule has 0 saturated heterocycles. The molecule has 0 aliphatic carbocycles. The third-order valence-corrected chi connectivity index (χ3v) is 0.907. The first kappa shape index (κ1) is 7.67. The van der Waals surface area contributed by atoms with Gasteiger partial charge in [0.05, 0.1) is 6.61 Å². The van der Waals surface area contributed by atoms with Gasteiger partial charge in [-0.3, -0.25) is 0 Å². The van der Waals surface area contributed by atoms with E-state index in [4.69, 9.17) is 10.2 Å². The molecule has 1 aromatic rings. The highest BCUT2D eigenvalue weighted by Crippen LogP contribution is 1.99. The lowest BCUT2D eigenvalue weighted by Crippen LogP contribution is -2.08. The Morgan fingerprint density at radius 2 is 2.27 bits per heavy atom. The summed E-state index contributed by atoms with van der Waals surface area (Å²) in [6.07, 6.45) is 2.18. The molecule has 1 aromatic heterocycles. The van der Waals surface area contributed by atoms with Crippen LogP contribution in [0.25, 0.3) is 0 Å². The first-order chi connectivity index (χ1) is 5.33. The molecule has 0 aromatic carbocycles. The van der Waals surface area contributed by atoms with Crippen LogP contribution in [0.2, 0.25) is 0 Å². The van der Waals surface area contributed by atoms with Crippen molar-refractivity contribution in [1.82, 2.24) is 15.0 Å². The number of hydrogen-bond donors (Lipinski definition) is 3. The standard InChI is InChI=1S/C5H7N4O2/c10-2-1-6-4-7-3-8-5(11)9-4/h10H,1-2H2,(H2,6,7,8,9,11). The SMILES string of the molecule is OCCNc1n[c]nc(O)n1. The zero-order chi connectivity index (χ0) is 8.10. The van der Waals surface area contributed by atoms with Crippen molar-refractivity contribution < 1.29 is 10.2 Å². The van der Waals surface area contributed by atoms with Crippen LogP contribution in [0.3, 0.4) is 0 Å². The molecule has 59 valence electrons. The number of nitrogens with one attached hydrogen (secondary N) is 1. The summed E-state index contributed by atoms with van der Waals surface area (Å²) in [6.45, 7) is 0.309. The predicted octanol–water partition coefficient (Wildman–Crippen LogP) is -1.22. The second kappa shape index (κ2) is 3.67. The Kier molecular flexibility index (Phi) is 2.56. The molecule has 1 rings (SSSR count). The number of rotatable bonds is 3. The number of nitrogens with zero attached hydrogens (tertiary/aromatic N) is 3. The molecule has 0 aliphatic heterocycles. The normalized spacial score (nSPS) is 9.55. The molecule has 0 saturated carbocycles. The van der Waals surface area contributed by atoms with E-state index < -0.39 is 0 Å². The summed E-state index contributed by atoms with van der Waals surface area (Å²) in [5, 5.41) is 19.7. The lowest BCUT2D eigenvalue weighted by atomic mass is 10.7. The van der Waals surface area contributed by atoms with Gasteiger partial charge in [0.25, 0.3) is 0 Å². The minimum absolute atomic E-state index is 0.0214. The van der Waals surface area contributed by atoms with E-state index in [-0.39, 0.29) is 18.6 Å². The summed E-state index contributed by atoms with van der Waals surface area (Å²) in [5.41, 5.74) is 0. The molecule has 0 fully saturated rings. The van der Waals surface area contributed by atoms with Gasteiger partial charge in [0.1, 0.15) is 0 Å². The molecular weight excluding hydrogens is 148 g/mol. The number of aromatic nitrogens is 3. The summed E-state index contributed by atoms with van der Waals surface area (Å²) in [7, 11) is 0. The van der Waals surface area contributed by atoms with Gasteiger partial charge >= 0.3 is 6.01 Å². The fourth-order valence-electron chi connectivity index (χ4n) is 0.509. The average Bonchev–Trinajstić information content (AvgIpc) is 2.01. The summed E-state index contributed by atoms with van der Waals surface area (Å²) < 4.78 is 0. The molecule has 6 nitrogen and oxygen atoms in total. The number of anilines is 1. The summed E-state index contributed by atoms with van der Waals surface area (Å²) >= 11 is 0. The molecule has 0 bridgehead atoms. The maximum absolute atomic E-state index is 8.72. The van der Waals surface area contributed by atoms with Crippen LogP contribution in [0.15, 0.2) is 0 Å². The van der Waals surface area contributed by atoms with Gasteiger partial charge in [-0.25, -0.2) is 0 Å². The molecule has 3 N–H and O–H groups in total. The van der Waals surface area contributed by atoms with Gasteiger partial charge in [-0.05, 0) is 0 Å². The predicted molar refractivity (Wildman–Crippen MR) is 35.9 cm³/mol. The van der Waals surface area contributed by atoms with Crippen molar-refractivity contribution in [2.75, 3.05) is 18.5 Å². The average molecular weight is 155 g/mol. The number of aliphatic hydroxyl groups excluding tert-OH is 1. The fraction of sp³-hybridized carbons (Fsp3) is 0.400. The molecule has 1 radical (unpaired) electrons. The molecule has 0 amide bonds. The van der Waals surface area contributed by atoms with E-state index in [2.05, 4.69) is 26.6 Å². The van der Waals surface area contributed by atoms with Crippen LogP contribution in [0.1, 0.15) is 0 Å². The van der Waals surface area contributed by atoms with Gasteiger partial charge in [-0.15, -0.1) is 0 Å². The summed E-state index contributed by atoms with van der Waals surface area (Å²) in [5.74, 6) is 0.201. The Morgan fingerprint density at radius 1 is 1.45 bits per heavy atom. The Balaban J connectivity index is 2.56. The lowest BCUT2D eigenvalue weighted by molar-refractivity contribution is 0.310. The molecule has 1 heterocycles. The molecule has 0 aliphatic rings. The molecule has 0 spiro atoms. The van der Waals surface area contributed by atoms with E-state index >= 15 is 0 Å². The van der Waals surface area contributed by atoms with E-state index in [0.29, 0.717) is 6.54 Å². The topological polar surface area (TPSA) is 91.2 Å². The van der Waals surface area contributed by atoms with E-state index in [1.54, 1.807) is 0 Å². The van der Waals surface area contributed by atoms with E-state index in [1.807, 2.05) is 0 Å². The van der Waals surface area contributed by atoms with Gasteiger partial charge in [0.2, 0.25) is 12.3 Å². The minimum Gasteiger partial charge on any atom is -0.479 e. The zero-order valence-corrected chi connectivity index (χ0v) is 5.65. The molecule has 0 unspecified atom stereocenters. The largest absolute Gasteiger partial charge is 0.479 e. The van der Waals surface area contributed by atoms with Gasteiger partial charge in [0, 0.05) is 6.54 Å². The van der Waals surface area contributed by atoms with Crippen LogP contribution in [-0.2, 0) is 0 Å². The first-order valence-corrected chi connectivity index (χ1v) is 2.99. The smallest absolute Gasteiger partial charge is 0.319 e. The lowest BCUT2D eigenvalue weighted by Gasteiger charge is -1.99. The van der Waals surface area contributed by atoms with E-state index in [1.165, 1.54) is 0 Å². The van der Waals surface area contributed by atoms with Gasteiger partial charge in [-0.1, -0.05) is 0 Å². The van der Waals surface area contributed by atoms with Crippen molar-refractivity contribution in [3.63, 3.8) is 0 Å². The van der Waals surface area contributed by atoms with Crippen molar-refractivity contribution >= 4 is 5.95 Å². The minimum atomic E-state index is -0.388. The van der Waals surface area contributed by atoms with Crippen LogP contribution < -0.4 is 5.32 Å².